The summed E-state index contributed by atoms with van der Waals surface area (Å²) in [5, 5.41) is 24.2. The monoisotopic (exact) mass is 540 g/mol. The van der Waals surface area contributed by atoms with E-state index in [9.17, 15) is 20.0 Å². The van der Waals surface area contributed by atoms with E-state index in [1.807, 2.05) is 19.1 Å². The predicted octanol–water partition coefficient (Wildman–Crippen LogP) is 2.61. The molecule has 3 aromatic rings. The predicted molar refractivity (Wildman–Crippen MR) is 140 cm³/mol. The summed E-state index contributed by atoms with van der Waals surface area (Å²) in [4.78, 5) is 35.3. The van der Waals surface area contributed by atoms with Crippen LogP contribution >= 0.6 is 22.9 Å². The number of pyridine rings is 1. The van der Waals surface area contributed by atoms with E-state index in [1.165, 1.54) is 11.3 Å². The fourth-order valence-electron chi connectivity index (χ4n) is 4.17. The summed E-state index contributed by atoms with van der Waals surface area (Å²) < 4.78 is 5.48. The summed E-state index contributed by atoms with van der Waals surface area (Å²) in [7, 11) is 0. The Kier molecular flexibility index (Phi) is 7.47. The Hall–Kier alpha value is -3.56. The molecule has 0 bridgehead atoms. The zero-order valence-corrected chi connectivity index (χ0v) is 21.9. The number of anilines is 1. The number of aliphatic hydroxyl groups is 1. The number of aromatic nitrogens is 2. The van der Waals surface area contributed by atoms with Gasteiger partial charge in [-0.2, -0.15) is 5.26 Å². The second-order valence-electron chi connectivity index (χ2n) is 9.13. The number of aryl methyl sites for hydroxylation is 1. The third kappa shape index (κ3) is 5.73. The van der Waals surface area contributed by atoms with Gasteiger partial charge in [-0.1, -0.05) is 35.1 Å². The highest BCUT2D eigenvalue weighted by Gasteiger charge is 2.44. The number of hydrogen-bond acceptors (Lipinski definition) is 10. The largest absolute Gasteiger partial charge is 0.433 e. The average molecular weight is 541 g/mol. The van der Waals surface area contributed by atoms with Gasteiger partial charge < -0.3 is 25.8 Å². The van der Waals surface area contributed by atoms with Crippen LogP contribution in [0.25, 0.3) is 21.7 Å². The quantitative estimate of drug-likeness (QED) is 0.251. The Morgan fingerprint density at radius 3 is 2.70 bits per heavy atom. The number of benzene rings is 1. The summed E-state index contributed by atoms with van der Waals surface area (Å²) in [6.07, 6.45) is -1.08. The smallest absolute Gasteiger partial charge is 0.398 e. The molecule has 37 heavy (non-hydrogen) atoms. The highest BCUT2D eigenvalue weighted by atomic mass is 35.5. The lowest BCUT2D eigenvalue weighted by Crippen LogP contribution is -2.67. The lowest BCUT2D eigenvalue weighted by molar-refractivity contribution is -0.162. The number of ether oxygens (including phenoxy) is 1. The van der Waals surface area contributed by atoms with Gasteiger partial charge in [0.15, 0.2) is 11.4 Å². The first kappa shape index (κ1) is 26.5. The Morgan fingerprint density at radius 1 is 1.30 bits per heavy atom. The maximum atomic E-state index is 12.2. The Morgan fingerprint density at radius 2 is 2.05 bits per heavy atom. The number of hydrogen-bond donors (Lipinski definition) is 3. The van der Waals surface area contributed by atoms with Gasteiger partial charge in [0.05, 0.1) is 33.8 Å². The van der Waals surface area contributed by atoms with Crippen molar-refractivity contribution in [3.8, 4) is 27.8 Å². The Labute approximate surface area is 222 Å². The van der Waals surface area contributed by atoms with Crippen molar-refractivity contribution in [3.63, 3.8) is 0 Å². The van der Waals surface area contributed by atoms with Gasteiger partial charge in [-0.05, 0) is 50.6 Å². The lowest BCUT2D eigenvalue weighted by Gasteiger charge is -2.45. The number of primary amides is 1. The van der Waals surface area contributed by atoms with Gasteiger partial charge in [0.25, 0.3) is 0 Å². The number of thiazole rings is 1. The van der Waals surface area contributed by atoms with Crippen LogP contribution in [0.5, 0.6) is 0 Å². The molecule has 0 radical (unpaired) electrons. The molecule has 12 heteroatoms. The second kappa shape index (κ2) is 10.4. The van der Waals surface area contributed by atoms with E-state index in [0.717, 1.165) is 10.4 Å². The molecular weight excluding hydrogens is 516 g/mol. The number of nitrogens with two attached hydrogens (primary N) is 1. The minimum absolute atomic E-state index is 0.319. The summed E-state index contributed by atoms with van der Waals surface area (Å²) in [6.45, 7) is 5.80. The number of nitrogens with one attached hydrogen (secondary N) is 1. The zero-order valence-electron chi connectivity index (χ0n) is 20.4. The summed E-state index contributed by atoms with van der Waals surface area (Å²) in [6, 6.07) is 12.1. The number of esters is 1. The fraction of sp³-hybridized carbons (Fsp3) is 0.320. The molecule has 1 saturated heterocycles. The topological polar surface area (TPSA) is 154 Å². The molecule has 4 rings (SSSR count). The third-order valence-corrected chi connectivity index (χ3v) is 7.15. The van der Waals surface area contributed by atoms with E-state index in [0.29, 0.717) is 45.9 Å². The van der Waals surface area contributed by atoms with E-state index >= 15 is 0 Å². The maximum absolute atomic E-state index is 12.2. The van der Waals surface area contributed by atoms with Crippen molar-refractivity contribution >= 4 is 39.9 Å². The molecule has 1 unspecified atom stereocenters. The molecule has 1 aliphatic rings. The van der Waals surface area contributed by atoms with Crippen LogP contribution in [0, 0.1) is 18.3 Å². The first-order valence-electron chi connectivity index (χ1n) is 11.4. The molecule has 0 saturated carbocycles. The molecular formula is C25H25ClN6O4S. The van der Waals surface area contributed by atoms with Crippen molar-refractivity contribution in [2.75, 3.05) is 18.0 Å². The molecule has 192 valence electrons. The van der Waals surface area contributed by atoms with Gasteiger partial charge in [0.2, 0.25) is 0 Å². The van der Waals surface area contributed by atoms with Crippen LogP contribution in [0.1, 0.15) is 25.1 Å². The molecule has 1 aromatic carbocycles. The van der Waals surface area contributed by atoms with Crippen LogP contribution in [-0.4, -0.2) is 57.9 Å². The molecule has 3 heterocycles. The van der Waals surface area contributed by atoms with E-state index in [1.54, 1.807) is 43.0 Å². The van der Waals surface area contributed by atoms with E-state index < -0.39 is 29.7 Å². The minimum atomic E-state index is -1.32. The molecule has 1 aliphatic heterocycles. The molecule has 0 spiro atoms. The third-order valence-electron chi connectivity index (χ3n) is 5.81. The van der Waals surface area contributed by atoms with Gasteiger partial charge in [0, 0.05) is 24.3 Å². The van der Waals surface area contributed by atoms with Crippen LogP contribution in [-0.2, 0) is 14.3 Å². The Balaban J connectivity index is 1.88. The molecule has 2 aromatic heterocycles. The molecule has 1 amide bonds. The van der Waals surface area contributed by atoms with Crippen LogP contribution in [0.15, 0.2) is 36.4 Å². The van der Waals surface area contributed by atoms with Gasteiger partial charge in [-0.3, -0.25) is 4.79 Å². The number of nitriles is 1. The van der Waals surface area contributed by atoms with Crippen molar-refractivity contribution in [3.05, 3.63) is 52.8 Å². The molecule has 2 atom stereocenters. The first-order chi connectivity index (χ1) is 17.5. The van der Waals surface area contributed by atoms with Gasteiger partial charge in [0.1, 0.15) is 5.15 Å². The van der Waals surface area contributed by atoms with Crippen molar-refractivity contribution in [2.24, 2.45) is 5.73 Å². The summed E-state index contributed by atoms with van der Waals surface area (Å²) in [5.41, 5.74) is 7.10. The van der Waals surface area contributed by atoms with E-state index in [-0.39, 0.29) is 0 Å². The number of carbonyl (C=O) groups excluding carboxylic acids is 2. The number of halogens is 1. The summed E-state index contributed by atoms with van der Waals surface area (Å²) in [5.74, 6) is -2.46. The fourth-order valence-corrected chi connectivity index (χ4v) is 5.55. The average Bonchev–Trinajstić information content (AvgIpc) is 3.28. The van der Waals surface area contributed by atoms with Crippen LogP contribution in [0.3, 0.4) is 0 Å². The minimum Gasteiger partial charge on any atom is -0.433 e. The first-order valence-corrected chi connectivity index (χ1v) is 12.6. The highest BCUT2D eigenvalue weighted by Crippen LogP contribution is 2.42. The second-order valence-corrected chi connectivity index (χ2v) is 10.5. The van der Waals surface area contributed by atoms with Gasteiger partial charge in [-0.15, -0.1) is 0 Å². The molecule has 4 N–H and O–H groups in total. The molecule has 1 fully saturated rings. The number of rotatable bonds is 5. The Bertz CT molecular complexity index is 1380. The standard InChI is InChI=1S/C25H25ClN6O4S/c1-13-9-16(11-17(26)30-13)19-18(15-6-4-5-14(10-15)12-27)31-24(37-19)32-8-7-29-20(25(2,3)35)22(32)36-23(34)21(28)33/h4-6,9-11,20,22,29,35H,7-8H2,1-3H3,(H2,28,33)/t20-,22?/m0/s1. The van der Waals surface area contributed by atoms with Crippen molar-refractivity contribution in [1.29, 1.82) is 5.26 Å². The number of amides is 1. The number of carbonyl (C=O) groups is 2. The van der Waals surface area contributed by atoms with E-state index in [2.05, 4.69) is 16.4 Å². The number of piperazine rings is 1. The maximum Gasteiger partial charge on any atom is 0.398 e. The molecule has 10 nitrogen and oxygen atoms in total. The van der Waals surface area contributed by atoms with Gasteiger partial charge >= 0.3 is 11.9 Å². The van der Waals surface area contributed by atoms with Crippen LogP contribution < -0.4 is 16.0 Å². The van der Waals surface area contributed by atoms with Crippen molar-refractivity contribution in [2.45, 2.75) is 38.6 Å². The van der Waals surface area contributed by atoms with E-state index in [4.69, 9.17) is 27.1 Å². The lowest BCUT2D eigenvalue weighted by atomic mass is 9.95. The molecule has 0 aliphatic carbocycles. The van der Waals surface area contributed by atoms with Crippen LogP contribution in [0.4, 0.5) is 5.13 Å². The number of nitrogens with zero attached hydrogens (tertiary/aromatic N) is 4. The van der Waals surface area contributed by atoms with Gasteiger partial charge in [-0.25, -0.2) is 14.8 Å². The zero-order chi connectivity index (χ0) is 26.9. The van der Waals surface area contributed by atoms with Crippen molar-refractivity contribution in [1.82, 2.24) is 15.3 Å². The highest BCUT2D eigenvalue weighted by molar-refractivity contribution is 7.19. The SMILES string of the molecule is Cc1cc(-c2sc(N3CCN[C@H](C(C)(C)O)C3OC(=O)C(N)=O)nc2-c2cccc(C#N)c2)cc(Cl)n1. The van der Waals surface area contributed by atoms with Crippen LogP contribution in [0.2, 0.25) is 5.15 Å². The summed E-state index contributed by atoms with van der Waals surface area (Å²) >= 11 is 7.59. The normalized spacial score (nSPS) is 17.8. The van der Waals surface area contributed by atoms with Crippen molar-refractivity contribution < 1.29 is 19.4 Å².